The lowest BCUT2D eigenvalue weighted by Crippen LogP contribution is -2.57. The number of ether oxygens (including phenoxy) is 1. The van der Waals surface area contributed by atoms with Gasteiger partial charge in [0.1, 0.15) is 5.54 Å². The van der Waals surface area contributed by atoms with Crippen LogP contribution in [0, 0.1) is 17.8 Å². The van der Waals surface area contributed by atoms with Crippen LogP contribution in [0.5, 0.6) is 0 Å². The van der Waals surface area contributed by atoms with E-state index in [9.17, 15) is 27.6 Å². The summed E-state index contributed by atoms with van der Waals surface area (Å²) in [5.74, 6) is -4.94. The first-order chi connectivity index (χ1) is 17.6. The number of nitrogens with zero attached hydrogens (tertiary/aromatic N) is 1. The largest absolute Gasteiger partial charge is 0.490 e. The zero-order chi connectivity index (χ0) is 29.0. The summed E-state index contributed by atoms with van der Waals surface area (Å²) in [6.45, 7) is 10.5. The van der Waals surface area contributed by atoms with Gasteiger partial charge in [-0.25, -0.2) is 4.79 Å². The summed E-state index contributed by atoms with van der Waals surface area (Å²) in [4.78, 5) is 51.0. The van der Waals surface area contributed by atoms with E-state index in [0.29, 0.717) is 18.2 Å². The Bertz CT molecular complexity index is 1030. The summed E-state index contributed by atoms with van der Waals surface area (Å²) >= 11 is 1.81. The SMILES string of the molecule is CCC(C)Sc1ccc(C2N[C@@](CC(C)C)(C(=O)OC)C3C(=O)N(CC)C(=O)C23)cc1.O=C(O)C(F)(F)F. The lowest BCUT2D eigenvalue weighted by molar-refractivity contribution is -0.192. The number of likely N-dealkylation sites (tertiary alicyclic amines) is 1. The topological polar surface area (TPSA) is 113 Å². The van der Waals surface area contributed by atoms with Crippen molar-refractivity contribution in [2.45, 2.75) is 75.4 Å². The third-order valence-electron chi connectivity index (χ3n) is 6.74. The summed E-state index contributed by atoms with van der Waals surface area (Å²) in [6.07, 6.45) is -3.57. The summed E-state index contributed by atoms with van der Waals surface area (Å²) in [6, 6.07) is 7.71. The minimum absolute atomic E-state index is 0.138. The first kappa shape index (κ1) is 31.6. The van der Waals surface area contributed by atoms with Crippen LogP contribution in [0.1, 0.15) is 59.1 Å². The van der Waals surface area contributed by atoms with Gasteiger partial charge in [-0.3, -0.25) is 24.6 Å². The van der Waals surface area contributed by atoms with Crippen LogP contribution in [-0.4, -0.2) is 64.4 Å². The number of esters is 1. The maximum Gasteiger partial charge on any atom is 0.490 e. The molecule has 2 aliphatic rings. The Balaban J connectivity index is 0.000000638. The van der Waals surface area contributed by atoms with Gasteiger partial charge in [-0.2, -0.15) is 13.2 Å². The van der Waals surface area contributed by atoms with Crippen molar-refractivity contribution in [1.82, 2.24) is 10.2 Å². The zero-order valence-corrected chi connectivity index (χ0v) is 23.1. The standard InChI is InChI=1S/C24H34N2O4S.C2HF3O2/c1-7-15(5)31-17-11-9-16(10-12-17)20-18-19(22(28)26(8-2)21(18)27)24(25-20,13-14(3)4)23(29)30-6;3-2(4,5)1(6)7/h9-12,14-15,18-20,25H,7-8,13H2,1-6H3;(H,6,7)/t15?,18?,19?,20?,24-;/m1./s1. The van der Waals surface area contributed by atoms with Gasteiger partial charge in [0.05, 0.1) is 18.9 Å². The molecule has 0 aliphatic carbocycles. The Morgan fingerprint density at radius 2 is 1.68 bits per heavy atom. The number of hydrogen-bond donors (Lipinski definition) is 2. The molecule has 212 valence electrons. The molecule has 0 spiro atoms. The van der Waals surface area contributed by atoms with Crippen LogP contribution >= 0.6 is 11.8 Å². The number of imide groups is 1. The Hall–Kier alpha value is -2.60. The van der Waals surface area contributed by atoms with Crippen LogP contribution < -0.4 is 5.32 Å². The van der Waals surface area contributed by atoms with Crippen molar-refractivity contribution in [3.63, 3.8) is 0 Å². The molecule has 2 heterocycles. The fraction of sp³-hybridized carbons (Fsp3) is 0.615. The third-order valence-corrected chi connectivity index (χ3v) is 8.02. The number of hydrogen-bond acceptors (Lipinski definition) is 7. The van der Waals surface area contributed by atoms with Gasteiger partial charge in [-0.15, -0.1) is 11.8 Å². The van der Waals surface area contributed by atoms with E-state index in [2.05, 4.69) is 31.3 Å². The first-order valence-electron chi connectivity index (χ1n) is 12.4. The van der Waals surface area contributed by atoms with E-state index < -0.39 is 41.5 Å². The van der Waals surface area contributed by atoms with E-state index in [4.69, 9.17) is 14.6 Å². The van der Waals surface area contributed by atoms with Crippen LogP contribution in [-0.2, 0) is 23.9 Å². The smallest absolute Gasteiger partial charge is 0.475 e. The fourth-order valence-corrected chi connectivity index (χ4v) is 5.94. The van der Waals surface area contributed by atoms with Gasteiger partial charge in [0.25, 0.3) is 0 Å². The van der Waals surface area contributed by atoms with Gasteiger partial charge in [-0.1, -0.05) is 39.8 Å². The molecule has 0 saturated carbocycles. The Labute approximate surface area is 224 Å². The molecule has 2 fully saturated rings. The fourth-order valence-electron chi connectivity index (χ4n) is 5.01. The maximum atomic E-state index is 13.3. The molecule has 8 nitrogen and oxygen atoms in total. The van der Waals surface area contributed by atoms with Gasteiger partial charge in [-0.05, 0) is 43.4 Å². The summed E-state index contributed by atoms with van der Waals surface area (Å²) in [5.41, 5.74) is -0.295. The predicted molar refractivity (Wildman–Crippen MR) is 135 cm³/mol. The van der Waals surface area contributed by atoms with E-state index in [0.717, 1.165) is 16.9 Å². The third kappa shape index (κ3) is 6.51. The number of fused-ring (bicyclic) bond motifs is 1. The van der Waals surface area contributed by atoms with Crippen molar-refractivity contribution in [3.05, 3.63) is 29.8 Å². The van der Waals surface area contributed by atoms with Crippen molar-refractivity contribution >= 4 is 35.5 Å². The number of thioether (sulfide) groups is 1. The number of carbonyl (C=O) groups excluding carboxylic acids is 3. The summed E-state index contributed by atoms with van der Waals surface area (Å²) < 4.78 is 36.9. The number of alkyl halides is 3. The maximum absolute atomic E-state index is 13.3. The van der Waals surface area contributed by atoms with Gasteiger partial charge in [0, 0.05) is 22.7 Å². The number of benzene rings is 1. The van der Waals surface area contributed by atoms with Gasteiger partial charge < -0.3 is 9.84 Å². The molecule has 38 heavy (non-hydrogen) atoms. The highest BCUT2D eigenvalue weighted by molar-refractivity contribution is 7.99. The second-order valence-corrected chi connectivity index (χ2v) is 11.3. The number of amides is 2. The minimum atomic E-state index is -5.08. The molecule has 0 radical (unpaired) electrons. The van der Waals surface area contributed by atoms with Crippen molar-refractivity contribution in [3.8, 4) is 0 Å². The van der Waals surface area contributed by atoms with Gasteiger partial charge in [0.15, 0.2) is 0 Å². The number of halogens is 3. The lowest BCUT2D eigenvalue weighted by atomic mass is 9.75. The van der Waals surface area contributed by atoms with Crippen LogP contribution in [0.15, 0.2) is 29.2 Å². The average molecular weight is 561 g/mol. The molecule has 2 amide bonds. The molecule has 3 rings (SSSR count). The van der Waals surface area contributed by atoms with Crippen LogP contribution in [0.3, 0.4) is 0 Å². The van der Waals surface area contributed by atoms with Crippen molar-refractivity contribution in [2.24, 2.45) is 17.8 Å². The number of nitrogens with one attached hydrogen (secondary N) is 1. The highest BCUT2D eigenvalue weighted by atomic mass is 32.2. The van der Waals surface area contributed by atoms with E-state index >= 15 is 0 Å². The highest BCUT2D eigenvalue weighted by Gasteiger charge is 2.68. The summed E-state index contributed by atoms with van der Waals surface area (Å²) in [7, 11) is 1.34. The minimum Gasteiger partial charge on any atom is -0.475 e. The number of rotatable bonds is 8. The number of aliphatic carboxylic acids is 1. The normalized spacial score (nSPS) is 25.6. The molecule has 1 aromatic carbocycles. The van der Waals surface area contributed by atoms with Crippen LogP contribution in [0.2, 0.25) is 0 Å². The molecular weight excluding hydrogens is 525 g/mol. The predicted octanol–water partition coefficient (Wildman–Crippen LogP) is 4.43. The number of carbonyl (C=O) groups is 4. The number of carboxylic acid groups (broad SMARTS) is 1. The summed E-state index contributed by atoms with van der Waals surface area (Å²) in [5, 5.41) is 11.1. The molecule has 12 heteroatoms. The first-order valence-corrected chi connectivity index (χ1v) is 13.3. The molecule has 0 aromatic heterocycles. The van der Waals surface area contributed by atoms with Crippen molar-refractivity contribution in [1.29, 1.82) is 0 Å². The Morgan fingerprint density at radius 1 is 1.13 bits per heavy atom. The second-order valence-electron chi connectivity index (χ2n) is 9.82. The number of methoxy groups -OCH3 is 1. The van der Waals surface area contributed by atoms with Crippen LogP contribution in [0.4, 0.5) is 13.2 Å². The highest BCUT2D eigenvalue weighted by Crippen LogP contribution is 2.51. The van der Waals surface area contributed by atoms with E-state index in [1.807, 2.05) is 37.7 Å². The molecule has 5 atom stereocenters. The molecule has 2 aliphatic heterocycles. The van der Waals surface area contributed by atoms with E-state index in [1.165, 1.54) is 12.0 Å². The monoisotopic (exact) mass is 560 g/mol. The second kappa shape index (κ2) is 12.5. The molecule has 2 N–H and O–H groups in total. The molecule has 1 aromatic rings. The molecule has 4 unspecified atom stereocenters. The lowest BCUT2D eigenvalue weighted by Gasteiger charge is -2.33. The van der Waals surface area contributed by atoms with Gasteiger partial charge >= 0.3 is 18.1 Å². The molecule has 2 saturated heterocycles. The Kier molecular flexibility index (Phi) is 10.4. The van der Waals surface area contributed by atoms with Gasteiger partial charge in [0.2, 0.25) is 11.8 Å². The van der Waals surface area contributed by atoms with Crippen molar-refractivity contribution < 1.29 is 42.2 Å². The van der Waals surface area contributed by atoms with E-state index in [1.54, 1.807) is 6.92 Å². The average Bonchev–Trinajstić information content (AvgIpc) is 3.31. The Morgan fingerprint density at radius 3 is 2.11 bits per heavy atom. The number of carboxylic acids is 1. The molecule has 0 bridgehead atoms. The zero-order valence-electron chi connectivity index (χ0n) is 22.3. The van der Waals surface area contributed by atoms with Crippen molar-refractivity contribution in [2.75, 3.05) is 13.7 Å². The van der Waals surface area contributed by atoms with Crippen LogP contribution in [0.25, 0.3) is 0 Å². The van der Waals surface area contributed by atoms with E-state index in [-0.39, 0.29) is 17.7 Å². The quantitative estimate of drug-likeness (QED) is 0.273. The molecular formula is C26H35F3N2O6S.